The van der Waals surface area contributed by atoms with Gasteiger partial charge in [-0.3, -0.25) is 0 Å². The number of benzene rings is 5. The Labute approximate surface area is 187 Å². The first-order valence-corrected chi connectivity index (χ1v) is 10.9. The summed E-state index contributed by atoms with van der Waals surface area (Å²) in [5, 5.41) is 2.58. The summed E-state index contributed by atoms with van der Waals surface area (Å²) in [6, 6.07) is 34.3. The van der Waals surface area contributed by atoms with Crippen LogP contribution < -0.4 is 0 Å². The van der Waals surface area contributed by atoms with E-state index in [2.05, 4.69) is 97.1 Å². The zero-order chi connectivity index (χ0) is 20.2. The molecule has 0 saturated carbocycles. The summed E-state index contributed by atoms with van der Waals surface area (Å²) in [4.78, 5) is 1.85. The third-order valence-corrected chi connectivity index (χ3v) is 7.09. The van der Waals surface area contributed by atoms with E-state index in [0.717, 1.165) is 20.9 Å². The van der Waals surface area contributed by atoms with Gasteiger partial charge in [0.2, 0.25) is 0 Å². The van der Waals surface area contributed by atoms with Crippen LogP contribution in [-0.2, 0) is 0 Å². The van der Waals surface area contributed by atoms with Crippen LogP contribution >= 0.6 is 25.3 Å². The van der Waals surface area contributed by atoms with Crippen molar-refractivity contribution in [2.24, 2.45) is 0 Å². The SMILES string of the molecule is Sc1c(S)c(-c2ccccc2)c2c(c1-c1ccccc1)-c1cccc3cccc-2c13. The molecule has 0 fully saturated rings. The van der Waals surface area contributed by atoms with Gasteiger partial charge in [0.25, 0.3) is 0 Å². The van der Waals surface area contributed by atoms with E-state index >= 15 is 0 Å². The molecule has 0 spiro atoms. The van der Waals surface area contributed by atoms with E-state index in [1.165, 1.54) is 44.2 Å². The van der Waals surface area contributed by atoms with E-state index in [-0.39, 0.29) is 0 Å². The smallest absolute Gasteiger partial charge is 0.0266 e. The summed E-state index contributed by atoms with van der Waals surface area (Å²) in [5.41, 5.74) is 9.71. The van der Waals surface area contributed by atoms with Crippen molar-refractivity contribution in [2.75, 3.05) is 0 Å². The highest BCUT2D eigenvalue weighted by atomic mass is 32.1. The first-order chi connectivity index (χ1) is 14.8. The maximum absolute atomic E-state index is 5.02. The Bertz CT molecular complexity index is 1330. The quantitative estimate of drug-likeness (QED) is 0.259. The van der Waals surface area contributed by atoms with E-state index in [1.54, 1.807) is 0 Å². The van der Waals surface area contributed by atoms with Gasteiger partial charge in [0.15, 0.2) is 0 Å². The van der Waals surface area contributed by atoms with Crippen LogP contribution in [-0.4, -0.2) is 0 Å². The van der Waals surface area contributed by atoms with Crippen molar-refractivity contribution in [3.8, 4) is 44.5 Å². The molecule has 2 heteroatoms. The van der Waals surface area contributed by atoms with Crippen LogP contribution in [0, 0.1) is 0 Å². The summed E-state index contributed by atoms with van der Waals surface area (Å²) in [6.45, 7) is 0. The Balaban J connectivity index is 1.85. The van der Waals surface area contributed by atoms with E-state index in [0.29, 0.717) is 0 Å². The summed E-state index contributed by atoms with van der Waals surface area (Å²) in [6.07, 6.45) is 0. The van der Waals surface area contributed by atoms with Gasteiger partial charge in [0.1, 0.15) is 0 Å². The van der Waals surface area contributed by atoms with Crippen molar-refractivity contribution in [3.63, 3.8) is 0 Å². The molecule has 1 aliphatic carbocycles. The fraction of sp³-hybridized carbons (Fsp3) is 0. The van der Waals surface area contributed by atoms with Crippen molar-refractivity contribution in [1.29, 1.82) is 0 Å². The third-order valence-electron chi connectivity index (χ3n) is 6.02. The molecule has 0 nitrogen and oxygen atoms in total. The largest absolute Gasteiger partial charge is 0.142 e. The fourth-order valence-corrected chi connectivity index (χ4v) is 5.50. The molecule has 6 rings (SSSR count). The van der Waals surface area contributed by atoms with Gasteiger partial charge in [-0.1, -0.05) is 97.1 Å². The maximum Gasteiger partial charge on any atom is 0.0266 e. The standard InChI is InChI=1S/C28H18S2/c29-27-23(18-9-3-1-4-10-18)25-20-15-7-13-17-14-8-16-21(22(17)20)26(25)24(28(27)30)19-11-5-2-6-12-19/h1-16,29-30H. The predicted molar refractivity (Wildman–Crippen MR) is 134 cm³/mol. The fourth-order valence-electron chi connectivity index (χ4n) is 4.79. The molecule has 0 unspecified atom stereocenters. The van der Waals surface area contributed by atoms with Crippen LogP contribution in [0.5, 0.6) is 0 Å². The Morgan fingerprint density at radius 2 is 0.833 bits per heavy atom. The van der Waals surface area contributed by atoms with Gasteiger partial charge in [-0.25, -0.2) is 0 Å². The molecule has 142 valence electrons. The van der Waals surface area contributed by atoms with Crippen LogP contribution in [0.2, 0.25) is 0 Å². The molecular formula is C28H18S2. The predicted octanol–water partition coefficient (Wildman–Crippen LogP) is 8.40. The topological polar surface area (TPSA) is 0 Å². The Kier molecular flexibility index (Phi) is 4.05. The number of thiol groups is 2. The van der Waals surface area contributed by atoms with Crippen molar-refractivity contribution in [3.05, 3.63) is 97.1 Å². The Morgan fingerprint density at radius 3 is 1.27 bits per heavy atom. The van der Waals surface area contributed by atoms with Crippen LogP contribution in [0.15, 0.2) is 107 Å². The third kappa shape index (κ3) is 2.44. The molecule has 1 aliphatic rings. The zero-order valence-electron chi connectivity index (χ0n) is 16.1. The second-order valence-electron chi connectivity index (χ2n) is 7.64. The lowest BCUT2D eigenvalue weighted by atomic mass is 9.87. The summed E-state index contributed by atoms with van der Waals surface area (Å²) < 4.78 is 0. The molecule has 0 atom stereocenters. The summed E-state index contributed by atoms with van der Waals surface area (Å²) >= 11 is 10.0. The van der Waals surface area contributed by atoms with Gasteiger partial charge in [-0.2, -0.15) is 0 Å². The number of hydrogen-bond acceptors (Lipinski definition) is 2. The number of fused-ring (bicyclic) bond motifs is 3. The minimum Gasteiger partial charge on any atom is -0.142 e. The second-order valence-corrected chi connectivity index (χ2v) is 8.53. The average molecular weight is 419 g/mol. The van der Waals surface area contributed by atoms with Crippen LogP contribution in [0.4, 0.5) is 0 Å². The molecule has 0 aromatic heterocycles. The first-order valence-electron chi connectivity index (χ1n) is 10.0. The Hall–Kier alpha value is -2.94. The van der Waals surface area contributed by atoms with Crippen molar-refractivity contribution < 1.29 is 0 Å². The molecule has 0 bridgehead atoms. The molecule has 0 N–H and O–H groups in total. The molecule has 0 saturated heterocycles. The first kappa shape index (κ1) is 17.9. The lowest BCUT2D eigenvalue weighted by Gasteiger charge is -2.21. The van der Waals surface area contributed by atoms with E-state index < -0.39 is 0 Å². The van der Waals surface area contributed by atoms with Crippen molar-refractivity contribution in [2.45, 2.75) is 9.79 Å². The number of rotatable bonds is 2. The highest BCUT2D eigenvalue weighted by molar-refractivity contribution is 7.83. The highest BCUT2D eigenvalue weighted by Crippen LogP contribution is 2.58. The van der Waals surface area contributed by atoms with E-state index in [1.807, 2.05) is 0 Å². The highest BCUT2D eigenvalue weighted by Gasteiger charge is 2.30. The van der Waals surface area contributed by atoms with Crippen LogP contribution in [0.3, 0.4) is 0 Å². The summed E-state index contributed by atoms with van der Waals surface area (Å²) in [5.74, 6) is 0. The molecule has 5 aromatic carbocycles. The van der Waals surface area contributed by atoms with E-state index in [9.17, 15) is 0 Å². The Morgan fingerprint density at radius 1 is 0.400 bits per heavy atom. The zero-order valence-corrected chi connectivity index (χ0v) is 17.9. The summed E-state index contributed by atoms with van der Waals surface area (Å²) in [7, 11) is 0. The van der Waals surface area contributed by atoms with Crippen LogP contribution in [0.25, 0.3) is 55.3 Å². The van der Waals surface area contributed by atoms with Gasteiger partial charge in [0, 0.05) is 20.9 Å². The van der Waals surface area contributed by atoms with Crippen LogP contribution in [0.1, 0.15) is 0 Å². The van der Waals surface area contributed by atoms with Crippen molar-refractivity contribution >= 4 is 36.0 Å². The lowest BCUT2D eigenvalue weighted by molar-refractivity contribution is 1.28. The minimum absolute atomic E-state index is 0.923. The van der Waals surface area contributed by atoms with Gasteiger partial charge in [-0.05, 0) is 44.2 Å². The average Bonchev–Trinajstić information content (AvgIpc) is 3.12. The molecule has 0 radical (unpaired) electrons. The monoisotopic (exact) mass is 418 g/mol. The second kappa shape index (κ2) is 6.80. The molecule has 30 heavy (non-hydrogen) atoms. The molecule has 0 heterocycles. The van der Waals surface area contributed by atoms with Gasteiger partial charge < -0.3 is 0 Å². The molecule has 0 amide bonds. The molecule has 0 aliphatic heterocycles. The van der Waals surface area contributed by atoms with Gasteiger partial charge in [0.05, 0.1) is 0 Å². The number of hydrogen-bond donors (Lipinski definition) is 2. The maximum atomic E-state index is 5.02. The normalized spacial score (nSPS) is 11.7. The molecule has 5 aromatic rings. The minimum atomic E-state index is 0.923. The van der Waals surface area contributed by atoms with Crippen molar-refractivity contribution in [1.82, 2.24) is 0 Å². The van der Waals surface area contributed by atoms with Gasteiger partial charge in [-0.15, -0.1) is 25.3 Å². The van der Waals surface area contributed by atoms with E-state index in [4.69, 9.17) is 25.3 Å². The lowest BCUT2D eigenvalue weighted by Crippen LogP contribution is -1.94. The molecular weight excluding hydrogens is 400 g/mol. The van der Waals surface area contributed by atoms with Gasteiger partial charge >= 0.3 is 0 Å².